The van der Waals surface area contributed by atoms with Crippen molar-refractivity contribution in [1.82, 2.24) is 9.97 Å². The predicted octanol–water partition coefficient (Wildman–Crippen LogP) is 6.25. The van der Waals surface area contributed by atoms with E-state index in [0.717, 1.165) is 22.8 Å². The van der Waals surface area contributed by atoms with Gasteiger partial charge in [0.25, 0.3) is 0 Å². The lowest BCUT2D eigenvalue weighted by Gasteiger charge is -2.23. The van der Waals surface area contributed by atoms with E-state index in [1.807, 2.05) is 24.3 Å². The highest BCUT2D eigenvalue weighted by molar-refractivity contribution is 5.67. The molecule has 4 rings (SSSR count). The van der Waals surface area contributed by atoms with Gasteiger partial charge >= 0.3 is 0 Å². The van der Waals surface area contributed by atoms with Crippen LogP contribution in [0.1, 0.15) is 43.2 Å². The minimum Gasteiger partial charge on any atom is -0.351 e. The van der Waals surface area contributed by atoms with Gasteiger partial charge in [0.05, 0.1) is 5.69 Å². The van der Waals surface area contributed by atoms with Crippen molar-refractivity contribution < 1.29 is 0 Å². The molecule has 0 bridgehead atoms. The Kier molecular flexibility index (Phi) is 5.56. The highest BCUT2D eigenvalue weighted by Gasteiger charge is 2.15. The van der Waals surface area contributed by atoms with Crippen LogP contribution in [-0.2, 0) is 0 Å². The van der Waals surface area contributed by atoms with Gasteiger partial charge in [0.15, 0.2) is 0 Å². The Morgan fingerprint density at radius 2 is 1.54 bits per heavy atom. The molecular formula is C24H28N4. The number of hydrogen-bond acceptors (Lipinski definition) is 4. The van der Waals surface area contributed by atoms with E-state index in [-0.39, 0.29) is 0 Å². The van der Waals surface area contributed by atoms with Crippen molar-refractivity contribution in [3.63, 3.8) is 0 Å². The molecule has 1 saturated carbocycles. The van der Waals surface area contributed by atoms with E-state index in [1.54, 1.807) is 0 Å². The maximum Gasteiger partial charge on any atom is 0.225 e. The molecule has 2 N–H and O–H groups in total. The molecule has 1 aliphatic rings. The smallest absolute Gasteiger partial charge is 0.225 e. The zero-order chi connectivity index (χ0) is 19.3. The minimum atomic E-state index is 0.467. The zero-order valence-corrected chi connectivity index (χ0v) is 16.7. The molecule has 144 valence electrons. The van der Waals surface area contributed by atoms with E-state index in [1.165, 1.54) is 43.2 Å². The van der Waals surface area contributed by atoms with Crippen LogP contribution in [0.3, 0.4) is 0 Å². The van der Waals surface area contributed by atoms with Gasteiger partial charge in [0.1, 0.15) is 5.82 Å². The predicted molar refractivity (Wildman–Crippen MR) is 117 cm³/mol. The van der Waals surface area contributed by atoms with Gasteiger partial charge in [-0.05, 0) is 49.9 Å². The Morgan fingerprint density at radius 3 is 2.25 bits per heavy atom. The van der Waals surface area contributed by atoms with E-state index in [0.29, 0.717) is 12.0 Å². The number of aromatic nitrogens is 2. The Morgan fingerprint density at radius 1 is 0.821 bits per heavy atom. The molecule has 1 fully saturated rings. The highest BCUT2D eigenvalue weighted by atomic mass is 15.2. The van der Waals surface area contributed by atoms with Crippen molar-refractivity contribution in [2.24, 2.45) is 0 Å². The van der Waals surface area contributed by atoms with Gasteiger partial charge in [-0.2, -0.15) is 4.98 Å². The summed E-state index contributed by atoms with van der Waals surface area (Å²) in [6.45, 7) is 4.23. The molecule has 0 spiro atoms. The highest BCUT2D eigenvalue weighted by Crippen LogP contribution is 2.26. The second-order valence-corrected chi connectivity index (χ2v) is 7.81. The van der Waals surface area contributed by atoms with Crippen LogP contribution < -0.4 is 10.6 Å². The van der Waals surface area contributed by atoms with Gasteiger partial charge in [-0.15, -0.1) is 0 Å². The maximum absolute atomic E-state index is 4.81. The molecule has 1 aromatic heterocycles. The summed E-state index contributed by atoms with van der Waals surface area (Å²) in [6.07, 6.45) is 6.29. The Bertz CT molecular complexity index is 910. The summed E-state index contributed by atoms with van der Waals surface area (Å²) < 4.78 is 0. The first kappa shape index (κ1) is 18.5. The van der Waals surface area contributed by atoms with Crippen LogP contribution in [0.25, 0.3) is 11.3 Å². The summed E-state index contributed by atoms with van der Waals surface area (Å²) >= 11 is 0. The number of nitrogens with one attached hydrogen (secondary N) is 2. The molecule has 4 nitrogen and oxygen atoms in total. The first-order valence-electron chi connectivity index (χ1n) is 10.2. The first-order valence-corrected chi connectivity index (χ1v) is 10.2. The first-order chi connectivity index (χ1) is 13.7. The van der Waals surface area contributed by atoms with E-state index in [9.17, 15) is 0 Å². The molecule has 0 radical (unpaired) electrons. The molecule has 2 aromatic carbocycles. The fraction of sp³-hybridized carbons (Fsp3) is 0.333. The van der Waals surface area contributed by atoms with Crippen molar-refractivity contribution in [2.45, 2.75) is 52.0 Å². The van der Waals surface area contributed by atoms with Crippen molar-refractivity contribution >= 4 is 17.5 Å². The molecule has 0 unspecified atom stereocenters. The third-order valence-corrected chi connectivity index (χ3v) is 5.23. The topological polar surface area (TPSA) is 49.8 Å². The fourth-order valence-electron chi connectivity index (χ4n) is 3.96. The molecule has 28 heavy (non-hydrogen) atoms. The third-order valence-electron chi connectivity index (χ3n) is 5.23. The number of hydrogen-bond donors (Lipinski definition) is 2. The minimum absolute atomic E-state index is 0.467. The lowest BCUT2D eigenvalue weighted by molar-refractivity contribution is 0.461. The second kappa shape index (κ2) is 8.42. The molecule has 0 saturated heterocycles. The van der Waals surface area contributed by atoms with Gasteiger partial charge < -0.3 is 10.6 Å². The average Bonchev–Trinajstić information content (AvgIpc) is 2.68. The second-order valence-electron chi connectivity index (χ2n) is 7.81. The van der Waals surface area contributed by atoms with Gasteiger partial charge in [-0.1, -0.05) is 55.7 Å². The molecule has 0 amide bonds. The van der Waals surface area contributed by atoms with Crippen LogP contribution in [0.15, 0.2) is 54.6 Å². The van der Waals surface area contributed by atoms with Gasteiger partial charge in [0, 0.05) is 23.4 Å². The largest absolute Gasteiger partial charge is 0.351 e. The SMILES string of the molecule is Cc1cc(C)cc(Nc2cc(-c3ccccc3)nc(NC3CCCCC3)n2)c1. The van der Waals surface area contributed by atoms with Crippen molar-refractivity contribution in [3.05, 3.63) is 65.7 Å². The van der Waals surface area contributed by atoms with Crippen molar-refractivity contribution in [2.75, 3.05) is 10.6 Å². The monoisotopic (exact) mass is 372 g/mol. The van der Waals surface area contributed by atoms with Gasteiger partial charge in [-0.3, -0.25) is 0 Å². The van der Waals surface area contributed by atoms with Crippen LogP contribution in [0, 0.1) is 13.8 Å². The van der Waals surface area contributed by atoms with Crippen molar-refractivity contribution in [1.29, 1.82) is 0 Å². The standard InChI is InChI=1S/C24H28N4/c1-17-13-18(2)15-21(14-17)25-23-16-22(19-9-5-3-6-10-19)27-24(28-23)26-20-11-7-4-8-12-20/h3,5-6,9-10,13-16,20H,4,7-8,11-12H2,1-2H3,(H2,25,26,27,28). The van der Waals surface area contributed by atoms with E-state index < -0.39 is 0 Å². The summed E-state index contributed by atoms with van der Waals surface area (Å²) in [5.41, 5.74) is 5.56. The summed E-state index contributed by atoms with van der Waals surface area (Å²) in [6, 6.07) is 19.3. The van der Waals surface area contributed by atoms with Gasteiger partial charge in [0.2, 0.25) is 5.95 Å². The number of anilines is 3. The molecular weight excluding hydrogens is 344 g/mol. The molecule has 3 aromatic rings. The Hall–Kier alpha value is -2.88. The molecule has 1 heterocycles. The summed E-state index contributed by atoms with van der Waals surface area (Å²) in [4.78, 5) is 9.59. The Balaban J connectivity index is 1.66. The zero-order valence-electron chi connectivity index (χ0n) is 16.7. The number of aryl methyl sites for hydroxylation is 2. The van der Waals surface area contributed by atoms with Crippen LogP contribution in [-0.4, -0.2) is 16.0 Å². The summed E-state index contributed by atoms with van der Waals surface area (Å²) in [5.74, 6) is 1.53. The van der Waals surface area contributed by atoms with Gasteiger partial charge in [-0.25, -0.2) is 4.98 Å². The summed E-state index contributed by atoms with van der Waals surface area (Å²) in [5, 5.41) is 7.06. The molecule has 1 aliphatic carbocycles. The van der Waals surface area contributed by atoms with Crippen LogP contribution in [0.2, 0.25) is 0 Å². The number of nitrogens with zero attached hydrogens (tertiary/aromatic N) is 2. The normalized spacial score (nSPS) is 14.6. The van der Waals surface area contributed by atoms with Crippen molar-refractivity contribution in [3.8, 4) is 11.3 Å². The van der Waals surface area contributed by atoms with Crippen LogP contribution in [0.5, 0.6) is 0 Å². The quantitative estimate of drug-likeness (QED) is 0.556. The lowest BCUT2D eigenvalue weighted by Crippen LogP contribution is -2.23. The lowest BCUT2D eigenvalue weighted by atomic mass is 9.96. The van der Waals surface area contributed by atoms with E-state index in [2.05, 4.69) is 54.8 Å². The van der Waals surface area contributed by atoms with Crippen LogP contribution >= 0.6 is 0 Å². The molecule has 4 heteroatoms. The van der Waals surface area contributed by atoms with Crippen LogP contribution in [0.4, 0.5) is 17.5 Å². The summed E-state index contributed by atoms with van der Waals surface area (Å²) in [7, 11) is 0. The van der Waals surface area contributed by atoms with E-state index in [4.69, 9.17) is 9.97 Å². The molecule has 0 aliphatic heterocycles. The number of benzene rings is 2. The average molecular weight is 373 g/mol. The fourth-order valence-corrected chi connectivity index (χ4v) is 3.96. The Labute approximate surface area is 167 Å². The molecule has 0 atom stereocenters. The maximum atomic E-state index is 4.81. The number of rotatable bonds is 5. The van der Waals surface area contributed by atoms with E-state index >= 15 is 0 Å². The third kappa shape index (κ3) is 4.69.